The fourth-order valence-corrected chi connectivity index (χ4v) is 3.52. The van der Waals surface area contributed by atoms with E-state index in [0.29, 0.717) is 6.42 Å². The van der Waals surface area contributed by atoms with Gasteiger partial charge in [-0.25, -0.2) is 8.42 Å². The minimum Gasteiger partial charge on any atom is -0.746 e. The molecule has 0 rings (SSSR count). The Hall–Kier alpha value is 0.870. The first-order valence-electron chi connectivity index (χ1n) is 10.5. The number of hydrogen-bond acceptors (Lipinski definition) is 4. The first-order valence-corrected chi connectivity index (χ1v) is 11.9. The van der Waals surface area contributed by atoms with Crippen molar-refractivity contribution in [2.45, 2.75) is 128 Å². The first kappa shape index (κ1) is 29.1. The van der Waals surface area contributed by atoms with E-state index in [4.69, 9.17) is 0 Å². The van der Waals surface area contributed by atoms with E-state index in [2.05, 4.69) is 6.92 Å². The van der Waals surface area contributed by atoms with E-state index in [-0.39, 0.29) is 36.0 Å². The van der Waals surface area contributed by atoms with Crippen molar-refractivity contribution in [2.75, 3.05) is 0 Å². The van der Waals surface area contributed by atoms with Gasteiger partial charge in [0.1, 0.15) is 10.1 Å². The van der Waals surface area contributed by atoms with E-state index < -0.39 is 15.1 Å². The van der Waals surface area contributed by atoms with Gasteiger partial charge in [-0.1, -0.05) is 103 Å². The van der Waals surface area contributed by atoms with Crippen molar-refractivity contribution in [3.8, 4) is 0 Å². The van der Waals surface area contributed by atoms with Crippen LogP contribution in [0.3, 0.4) is 0 Å². The molecular formula is C20H41NaO4S. The molecule has 0 fully saturated rings. The fraction of sp³-hybridized carbons (Fsp3) is 1.00. The van der Waals surface area contributed by atoms with Gasteiger partial charge in [0.05, 0.1) is 0 Å². The van der Waals surface area contributed by atoms with Gasteiger partial charge < -0.3 is 9.66 Å². The topological polar surface area (TPSA) is 77.4 Å². The summed E-state index contributed by atoms with van der Waals surface area (Å²) >= 11 is 0. The third-order valence-corrected chi connectivity index (χ3v) is 6.31. The van der Waals surface area contributed by atoms with Crippen LogP contribution in [0.25, 0.3) is 0 Å². The van der Waals surface area contributed by atoms with E-state index in [0.717, 1.165) is 26.2 Å². The molecule has 0 heterocycles. The van der Waals surface area contributed by atoms with Crippen LogP contribution in [0.1, 0.15) is 123 Å². The Labute approximate surface area is 185 Å². The zero-order valence-electron chi connectivity index (χ0n) is 17.6. The molecule has 4 nitrogen and oxygen atoms in total. The number of unbranched alkanes of at least 4 members (excludes halogenated alkanes) is 15. The predicted octanol–water partition coefficient (Wildman–Crippen LogP) is 2.90. The van der Waals surface area contributed by atoms with Gasteiger partial charge in [0.2, 0.25) is 0 Å². The SMILES string of the molecule is CCCCCCCCCCCCCCCCCCC(C)(O)S(=O)(=O)[O-].[Na+]. The van der Waals surface area contributed by atoms with Crippen molar-refractivity contribution in [3.05, 3.63) is 0 Å². The van der Waals surface area contributed by atoms with E-state index in [1.807, 2.05) is 0 Å². The third-order valence-electron chi connectivity index (χ3n) is 5.03. The van der Waals surface area contributed by atoms with Crippen LogP contribution >= 0.6 is 0 Å². The number of rotatable bonds is 18. The average molecular weight is 401 g/mol. The van der Waals surface area contributed by atoms with Crippen LogP contribution in [0.4, 0.5) is 0 Å². The minimum atomic E-state index is -4.62. The summed E-state index contributed by atoms with van der Waals surface area (Å²) in [5.41, 5.74) is 0. The standard InChI is InChI=1S/C20H42O4S.Na/c1-3-4-5-6-7-8-9-10-11-12-13-14-15-16-17-18-19-20(2,21)25(22,23)24;/h21H,3-19H2,1-2H3,(H,22,23,24);/q;+1/p-1. The third kappa shape index (κ3) is 17.0. The van der Waals surface area contributed by atoms with Gasteiger partial charge in [0.25, 0.3) is 0 Å². The Morgan fingerprint density at radius 3 is 1.23 bits per heavy atom. The van der Waals surface area contributed by atoms with Gasteiger partial charge in [0, 0.05) is 0 Å². The molecule has 152 valence electrons. The molecule has 0 aliphatic heterocycles. The van der Waals surface area contributed by atoms with Crippen LogP contribution in [0.2, 0.25) is 0 Å². The van der Waals surface area contributed by atoms with Crippen molar-refractivity contribution in [3.63, 3.8) is 0 Å². The summed E-state index contributed by atoms with van der Waals surface area (Å²) in [6, 6.07) is 0. The summed E-state index contributed by atoms with van der Waals surface area (Å²) in [6.45, 7) is 3.35. The van der Waals surface area contributed by atoms with Gasteiger partial charge in [0.15, 0.2) is 4.93 Å². The van der Waals surface area contributed by atoms with Gasteiger partial charge in [-0.05, 0) is 19.8 Å². The second kappa shape index (κ2) is 17.9. The number of aliphatic hydroxyl groups is 1. The molecule has 1 N–H and O–H groups in total. The molecule has 1 unspecified atom stereocenters. The Balaban J connectivity index is 0. The second-order valence-corrected chi connectivity index (χ2v) is 9.47. The van der Waals surface area contributed by atoms with Crippen LogP contribution in [0.5, 0.6) is 0 Å². The van der Waals surface area contributed by atoms with E-state index >= 15 is 0 Å². The van der Waals surface area contributed by atoms with E-state index in [9.17, 15) is 18.1 Å². The Kier molecular flexibility index (Phi) is 20.1. The predicted molar refractivity (Wildman–Crippen MR) is 104 cm³/mol. The van der Waals surface area contributed by atoms with Crippen molar-refractivity contribution >= 4 is 10.1 Å². The molecule has 0 aliphatic rings. The van der Waals surface area contributed by atoms with Gasteiger partial charge in [-0.15, -0.1) is 0 Å². The number of hydrogen-bond donors (Lipinski definition) is 1. The zero-order chi connectivity index (χ0) is 19.0. The zero-order valence-corrected chi connectivity index (χ0v) is 20.4. The molecule has 0 aromatic carbocycles. The quantitative estimate of drug-likeness (QED) is 0.218. The smallest absolute Gasteiger partial charge is 0.746 e. The Bertz CT molecular complexity index is 397. The van der Waals surface area contributed by atoms with Gasteiger partial charge in [-0.2, -0.15) is 0 Å². The molecule has 0 radical (unpaired) electrons. The van der Waals surface area contributed by atoms with Crippen LogP contribution in [0.15, 0.2) is 0 Å². The largest absolute Gasteiger partial charge is 1.00 e. The summed E-state index contributed by atoms with van der Waals surface area (Å²) in [4.78, 5) is -2.11. The van der Waals surface area contributed by atoms with Crippen LogP contribution in [-0.4, -0.2) is 23.0 Å². The van der Waals surface area contributed by atoms with Gasteiger partial charge in [-0.3, -0.25) is 0 Å². The van der Waals surface area contributed by atoms with Crippen molar-refractivity contribution in [2.24, 2.45) is 0 Å². The summed E-state index contributed by atoms with van der Waals surface area (Å²) in [5.74, 6) is 0. The molecule has 0 aliphatic carbocycles. The van der Waals surface area contributed by atoms with Crippen molar-refractivity contribution in [1.82, 2.24) is 0 Å². The van der Waals surface area contributed by atoms with Crippen LogP contribution in [-0.2, 0) is 10.1 Å². The summed E-state index contributed by atoms with van der Waals surface area (Å²) < 4.78 is 32.5. The van der Waals surface area contributed by atoms with Gasteiger partial charge >= 0.3 is 29.6 Å². The Morgan fingerprint density at radius 1 is 0.692 bits per heavy atom. The molecule has 0 aromatic heterocycles. The maximum Gasteiger partial charge on any atom is 1.00 e. The van der Waals surface area contributed by atoms with Crippen molar-refractivity contribution in [1.29, 1.82) is 0 Å². The van der Waals surface area contributed by atoms with E-state index in [1.54, 1.807) is 0 Å². The minimum absolute atomic E-state index is 0. The molecule has 0 saturated heterocycles. The molecule has 0 aromatic rings. The Morgan fingerprint density at radius 2 is 0.962 bits per heavy atom. The summed E-state index contributed by atoms with van der Waals surface area (Å²) in [6.07, 6.45) is 20.0. The maximum absolute atomic E-state index is 10.8. The maximum atomic E-state index is 10.8. The summed E-state index contributed by atoms with van der Waals surface area (Å²) in [7, 11) is -4.62. The average Bonchev–Trinajstić information content (AvgIpc) is 2.53. The second-order valence-electron chi connectivity index (χ2n) is 7.68. The van der Waals surface area contributed by atoms with Crippen molar-refractivity contribution < 1.29 is 47.6 Å². The summed E-state index contributed by atoms with van der Waals surface area (Å²) in [5, 5.41) is 9.57. The fourth-order valence-electron chi connectivity index (χ4n) is 3.13. The monoisotopic (exact) mass is 400 g/mol. The normalized spacial score (nSPS) is 14.0. The molecule has 26 heavy (non-hydrogen) atoms. The van der Waals surface area contributed by atoms with Crippen LogP contribution in [0, 0.1) is 0 Å². The molecule has 0 spiro atoms. The first-order chi connectivity index (χ1) is 11.8. The molecule has 0 bridgehead atoms. The van der Waals surface area contributed by atoms with Crippen LogP contribution < -0.4 is 29.6 Å². The molecule has 6 heteroatoms. The molecule has 0 saturated carbocycles. The molecule has 1 atom stereocenters. The van der Waals surface area contributed by atoms with E-state index in [1.165, 1.54) is 77.0 Å². The molecular weight excluding hydrogens is 359 g/mol. The molecule has 0 amide bonds.